The van der Waals surface area contributed by atoms with E-state index in [1.54, 1.807) is 42.5 Å². The van der Waals surface area contributed by atoms with Gasteiger partial charge in [0.1, 0.15) is 11.5 Å². The van der Waals surface area contributed by atoms with Crippen molar-refractivity contribution in [1.29, 1.82) is 0 Å². The van der Waals surface area contributed by atoms with Crippen molar-refractivity contribution in [1.82, 2.24) is 5.43 Å². The molecule has 6 nitrogen and oxygen atoms in total. The third-order valence-electron chi connectivity index (χ3n) is 3.90. The van der Waals surface area contributed by atoms with E-state index in [-0.39, 0.29) is 17.2 Å². The standard InChI is InChI=1S/C22H14Cl4N2O4/c23-14-3-7-17(18(25)9-14)22(30)32-16-5-1-13(2-6-16)11-27-28-21(29)12-31-20-8-4-15(24)10-19(20)26/h1-11H,12H2,(H,28,29)/b27-11+. The molecule has 0 radical (unpaired) electrons. The first-order valence-electron chi connectivity index (χ1n) is 8.99. The third-order valence-corrected chi connectivity index (χ3v) is 4.98. The molecule has 32 heavy (non-hydrogen) atoms. The Morgan fingerprint density at radius 2 is 1.53 bits per heavy atom. The summed E-state index contributed by atoms with van der Waals surface area (Å²) in [6, 6.07) is 15.7. The number of nitrogens with zero attached hydrogens (tertiary/aromatic N) is 1. The van der Waals surface area contributed by atoms with Gasteiger partial charge in [-0.2, -0.15) is 5.10 Å². The third kappa shape index (κ3) is 6.87. The zero-order valence-electron chi connectivity index (χ0n) is 16.2. The molecule has 0 spiro atoms. The molecular formula is C22H14Cl4N2O4. The van der Waals surface area contributed by atoms with E-state index in [9.17, 15) is 9.59 Å². The van der Waals surface area contributed by atoms with Crippen molar-refractivity contribution < 1.29 is 19.1 Å². The Morgan fingerprint density at radius 3 is 2.19 bits per heavy atom. The summed E-state index contributed by atoms with van der Waals surface area (Å²) in [6.45, 7) is -0.277. The number of carbonyl (C=O) groups is 2. The Balaban J connectivity index is 1.49. The molecular weight excluding hydrogens is 498 g/mol. The summed E-state index contributed by atoms with van der Waals surface area (Å²) in [6.07, 6.45) is 1.43. The molecule has 1 amide bonds. The number of halogens is 4. The Labute approximate surface area is 203 Å². The maximum atomic E-state index is 12.2. The van der Waals surface area contributed by atoms with E-state index in [0.717, 1.165) is 0 Å². The molecule has 0 aliphatic heterocycles. The number of amides is 1. The number of esters is 1. The topological polar surface area (TPSA) is 77.0 Å². The van der Waals surface area contributed by atoms with Crippen LogP contribution >= 0.6 is 46.4 Å². The van der Waals surface area contributed by atoms with E-state index >= 15 is 0 Å². The highest BCUT2D eigenvalue weighted by Crippen LogP contribution is 2.27. The zero-order chi connectivity index (χ0) is 23.1. The molecule has 0 bridgehead atoms. The zero-order valence-corrected chi connectivity index (χ0v) is 19.2. The maximum Gasteiger partial charge on any atom is 0.345 e. The maximum absolute atomic E-state index is 12.2. The van der Waals surface area contributed by atoms with Crippen LogP contribution < -0.4 is 14.9 Å². The van der Waals surface area contributed by atoms with Crippen LogP contribution in [0.4, 0.5) is 0 Å². The van der Waals surface area contributed by atoms with E-state index in [4.69, 9.17) is 55.9 Å². The number of carbonyl (C=O) groups excluding carboxylic acids is 2. The van der Waals surface area contributed by atoms with Crippen molar-refractivity contribution in [2.75, 3.05) is 6.61 Å². The Hall–Kier alpha value is -2.77. The van der Waals surface area contributed by atoms with Crippen LogP contribution in [-0.2, 0) is 4.79 Å². The largest absolute Gasteiger partial charge is 0.482 e. The van der Waals surface area contributed by atoms with Gasteiger partial charge in [0.2, 0.25) is 0 Å². The van der Waals surface area contributed by atoms with Gasteiger partial charge in [0.25, 0.3) is 5.91 Å². The summed E-state index contributed by atoms with van der Waals surface area (Å²) in [5.74, 6) is -0.436. The molecule has 0 fully saturated rings. The highest BCUT2D eigenvalue weighted by molar-refractivity contribution is 6.36. The number of hydrazone groups is 1. The highest BCUT2D eigenvalue weighted by Gasteiger charge is 2.13. The molecule has 0 aromatic heterocycles. The molecule has 10 heteroatoms. The lowest BCUT2D eigenvalue weighted by atomic mass is 10.2. The minimum absolute atomic E-state index is 0.198. The summed E-state index contributed by atoms with van der Waals surface area (Å²) in [5.41, 5.74) is 3.20. The van der Waals surface area contributed by atoms with Crippen LogP contribution in [0.3, 0.4) is 0 Å². The van der Waals surface area contributed by atoms with Gasteiger partial charge < -0.3 is 9.47 Å². The van der Waals surface area contributed by atoms with Gasteiger partial charge >= 0.3 is 5.97 Å². The monoisotopic (exact) mass is 510 g/mol. The molecule has 0 unspecified atom stereocenters. The van der Waals surface area contributed by atoms with Gasteiger partial charge in [-0.1, -0.05) is 46.4 Å². The van der Waals surface area contributed by atoms with Crippen LogP contribution in [-0.4, -0.2) is 24.7 Å². The predicted octanol–water partition coefficient (Wildman–Crippen LogP) is 6.05. The van der Waals surface area contributed by atoms with Gasteiger partial charge in [0, 0.05) is 10.0 Å². The first kappa shape index (κ1) is 23.9. The summed E-state index contributed by atoms with van der Waals surface area (Å²) in [4.78, 5) is 24.1. The highest BCUT2D eigenvalue weighted by atomic mass is 35.5. The molecule has 0 saturated carbocycles. The smallest absolute Gasteiger partial charge is 0.345 e. The lowest BCUT2D eigenvalue weighted by molar-refractivity contribution is -0.123. The molecule has 0 atom stereocenters. The number of benzene rings is 3. The van der Waals surface area contributed by atoms with Gasteiger partial charge in [-0.25, -0.2) is 10.2 Å². The van der Waals surface area contributed by atoms with Gasteiger partial charge in [-0.3, -0.25) is 4.79 Å². The minimum atomic E-state index is -0.610. The second kappa shape index (κ2) is 11.2. The number of hydrogen-bond donors (Lipinski definition) is 1. The summed E-state index contributed by atoms with van der Waals surface area (Å²) >= 11 is 23.6. The molecule has 3 aromatic rings. The predicted molar refractivity (Wildman–Crippen MR) is 126 cm³/mol. The van der Waals surface area contributed by atoms with E-state index in [2.05, 4.69) is 10.5 Å². The Morgan fingerprint density at radius 1 is 0.875 bits per heavy atom. The first-order chi connectivity index (χ1) is 15.3. The van der Waals surface area contributed by atoms with Crippen molar-refractivity contribution in [2.45, 2.75) is 0 Å². The van der Waals surface area contributed by atoms with E-state index in [0.29, 0.717) is 32.1 Å². The fourth-order valence-electron chi connectivity index (χ4n) is 2.39. The van der Waals surface area contributed by atoms with Crippen molar-refractivity contribution in [3.63, 3.8) is 0 Å². The van der Waals surface area contributed by atoms with Gasteiger partial charge in [0.15, 0.2) is 6.61 Å². The molecule has 0 aliphatic carbocycles. The van der Waals surface area contributed by atoms with Crippen LogP contribution in [0.1, 0.15) is 15.9 Å². The fraction of sp³-hybridized carbons (Fsp3) is 0.0455. The molecule has 164 valence electrons. The fourth-order valence-corrected chi connectivity index (χ4v) is 3.33. The number of nitrogens with one attached hydrogen (secondary N) is 1. The molecule has 3 rings (SSSR count). The quantitative estimate of drug-likeness (QED) is 0.181. The molecule has 1 N–H and O–H groups in total. The summed E-state index contributed by atoms with van der Waals surface area (Å²) < 4.78 is 10.6. The van der Waals surface area contributed by atoms with Crippen LogP contribution in [0, 0.1) is 0 Å². The van der Waals surface area contributed by atoms with Gasteiger partial charge in [-0.05, 0) is 66.2 Å². The minimum Gasteiger partial charge on any atom is -0.482 e. The van der Waals surface area contributed by atoms with Crippen molar-refractivity contribution in [3.8, 4) is 11.5 Å². The average molecular weight is 512 g/mol. The van der Waals surface area contributed by atoms with Crippen LogP contribution in [0.25, 0.3) is 0 Å². The van der Waals surface area contributed by atoms with Crippen molar-refractivity contribution in [3.05, 3.63) is 91.9 Å². The first-order valence-corrected chi connectivity index (χ1v) is 10.5. The summed E-state index contributed by atoms with van der Waals surface area (Å²) in [7, 11) is 0. The number of rotatable bonds is 7. The average Bonchev–Trinajstić information content (AvgIpc) is 2.74. The van der Waals surface area contributed by atoms with E-state index < -0.39 is 11.9 Å². The van der Waals surface area contributed by atoms with E-state index in [1.807, 2.05) is 0 Å². The van der Waals surface area contributed by atoms with Crippen molar-refractivity contribution in [2.24, 2.45) is 5.10 Å². The SMILES string of the molecule is O=C(COc1ccc(Cl)cc1Cl)N/N=C/c1ccc(OC(=O)c2ccc(Cl)cc2Cl)cc1. The molecule has 0 aliphatic rings. The molecule has 3 aromatic carbocycles. The lowest BCUT2D eigenvalue weighted by Gasteiger charge is -2.07. The van der Waals surface area contributed by atoms with Crippen LogP contribution in [0.2, 0.25) is 20.1 Å². The Kier molecular flexibility index (Phi) is 8.36. The molecule has 0 saturated heterocycles. The normalized spacial score (nSPS) is 10.8. The van der Waals surface area contributed by atoms with Gasteiger partial charge in [-0.15, -0.1) is 0 Å². The Bertz CT molecular complexity index is 1170. The van der Waals surface area contributed by atoms with E-state index in [1.165, 1.54) is 24.4 Å². The van der Waals surface area contributed by atoms with Crippen LogP contribution in [0.5, 0.6) is 11.5 Å². The van der Waals surface area contributed by atoms with Crippen LogP contribution in [0.15, 0.2) is 65.8 Å². The second-order valence-corrected chi connectivity index (χ2v) is 7.93. The van der Waals surface area contributed by atoms with Gasteiger partial charge in [0.05, 0.1) is 21.8 Å². The number of hydrogen-bond acceptors (Lipinski definition) is 5. The molecule has 0 heterocycles. The second-order valence-electron chi connectivity index (χ2n) is 6.24. The lowest BCUT2D eigenvalue weighted by Crippen LogP contribution is -2.24. The van der Waals surface area contributed by atoms with Crippen molar-refractivity contribution >= 4 is 64.5 Å². The summed E-state index contributed by atoms with van der Waals surface area (Å²) in [5, 5.41) is 5.23. The number of ether oxygens (including phenoxy) is 2.